The van der Waals surface area contributed by atoms with E-state index in [0.29, 0.717) is 5.56 Å². The second-order valence-electron chi connectivity index (χ2n) is 4.17. The molecule has 20 heavy (non-hydrogen) atoms. The van der Waals surface area contributed by atoms with Gasteiger partial charge in [-0.25, -0.2) is 13.2 Å². The summed E-state index contributed by atoms with van der Waals surface area (Å²) in [6, 6.07) is 2.36. The van der Waals surface area contributed by atoms with Crippen LogP contribution in [0.2, 0.25) is 0 Å². The molecule has 0 spiro atoms. The second-order valence-corrected chi connectivity index (χ2v) is 6.07. The molecule has 0 aliphatic carbocycles. The number of hydrogen-bond donors (Lipinski definition) is 2. The third kappa shape index (κ3) is 2.35. The fourth-order valence-electron chi connectivity index (χ4n) is 1.79. The van der Waals surface area contributed by atoms with Crippen LogP contribution in [0.5, 0.6) is 0 Å². The van der Waals surface area contributed by atoms with E-state index in [2.05, 4.69) is 9.73 Å². The fourth-order valence-corrected chi connectivity index (χ4v) is 2.95. The minimum atomic E-state index is -3.78. The standard InChI is InChI=1S/C11H11N3O5S/c1-5-2-7-8(20(17,18)4-19-10(7)16)3-6(5)9(15)14-11(12)13/h2-3H,4H2,1H3,(H4,12,13,14,15). The number of hydrogen-bond acceptors (Lipinski definition) is 5. The summed E-state index contributed by atoms with van der Waals surface area (Å²) in [6.45, 7) is 1.53. The number of benzene rings is 1. The van der Waals surface area contributed by atoms with Crippen molar-refractivity contribution in [3.8, 4) is 0 Å². The van der Waals surface area contributed by atoms with E-state index in [1.165, 1.54) is 13.0 Å². The molecular weight excluding hydrogens is 286 g/mol. The monoisotopic (exact) mass is 297 g/mol. The van der Waals surface area contributed by atoms with Gasteiger partial charge < -0.3 is 16.2 Å². The van der Waals surface area contributed by atoms with Gasteiger partial charge in [-0.15, -0.1) is 0 Å². The van der Waals surface area contributed by atoms with E-state index in [1.54, 1.807) is 0 Å². The highest BCUT2D eigenvalue weighted by Crippen LogP contribution is 2.27. The number of amides is 1. The lowest BCUT2D eigenvalue weighted by Gasteiger charge is -2.17. The van der Waals surface area contributed by atoms with Gasteiger partial charge in [0.1, 0.15) is 0 Å². The van der Waals surface area contributed by atoms with Crippen molar-refractivity contribution in [1.29, 1.82) is 0 Å². The molecule has 0 saturated heterocycles. The maximum absolute atomic E-state index is 11.9. The summed E-state index contributed by atoms with van der Waals surface area (Å²) in [6.07, 6.45) is 0. The molecule has 1 aromatic carbocycles. The summed E-state index contributed by atoms with van der Waals surface area (Å²) in [4.78, 5) is 26.4. The van der Waals surface area contributed by atoms with Crippen molar-refractivity contribution >= 4 is 27.7 Å². The first-order chi connectivity index (χ1) is 9.22. The molecule has 1 aromatic rings. The number of guanidine groups is 1. The summed E-state index contributed by atoms with van der Waals surface area (Å²) in [5.74, 6) is -2.72. The molecule has 1 amide bonds. The van der Waals surface area contributed by atoms with Gasteiger partial charge >= 0.3 is 5.97 Å². The Bertz CT molecular complexity index is 748. The number of carbonyl (C=O) groups excluding carboxylic acids is 2. The Kier molecular flexibility index (Phi) is 3.22. The average Bonchev–Trinajstić information content (AvgIpc) is 2.33. The van der Waals surface area contributed by atoms with Crippen molar-refractivity contribution < 1.29 is 22.7 Å². The number of nitrogens with two attached hydrogens (primary N) is 2. The van der Waals surface area contributed by atoms with Gasteiger partial charge in [-0.3, -0.25) is 4.79 Å². The van der Waals surface area contributed by atoms with Crippen LogP contribution in [0.25, 0.3) is 0 Å². The van der Waals surface area contributed by atoms with E-state index in [-0.39, 0.29) is 16.0 Å². The van der Waals surface area contributed by atoms with Crippen LogP contribution in [-0.4, -0.2) is 32.2 Å². The quantitative estimate of drug-likeness (QED) is 0.397. The zero-order valence-corrected chi connectivity index (χ0v) is 11.2. The Balaban J connectivity index is 2.68. The third-order valence-corrected chi connectivity index (χ3v) is 4.12. The zero-order valence-electron chi connectivity index (χ0n) is 10.4. The van der Waals surface area contributed by atoms with Crippen molar-refractivity contribution in [2.45, 2.75) is 11.8 Å². The van der Waals surface area contributed by atoms with E-state index in [4.69, 9.17) is 11.5 Å². The number of aliphatic imine (C=N–C) groups is 1. The number of ether oxygens (including phenoxy) is 1. The minimum Gasteiger partial charge on any atom is -0.445 e. The number of rotatable bonds is 1. The van der Waals surface area contributed by atoms with Crippen molar-refractivity contribution in [1.82, 2.24) is 0 Å². The average molecular weight is 297 g/mol. The molecule has 0 bridgehead atoms. The van der Waals surface area contributed by atoms with Crippen molar-refractivity contribution in [3.05, 3.63) is 28.8 Å². The number of carbonyl (C=O) groups is 2. The summed E-state index contributed by atoms with van der Waals surface area (Å²) >= 11 is 0. The van der Waals surface area contributed by atoms with Gasteiger partial charge in [0.25, 0.3) is 5.91 Å². The van der Waals surface area contributed by atoms with E-state index in [9.17, 15) is 18.0 Å². The molecule has 106 valence electrons. The highest BCUT2D eigenvalue weighted by Gasteiger charge is 2.32. The highest BCUT2D eigenvalue weighted by atomic mass is 32.2. The maximum Gasteiger partial charge on any atom is 0.340 e. The van der Waals surface area contributed by atoms with Crippen molar-refractivity contribution in [2.24, 2.45) is 16.5 Å². The van der Waals surface area contributed by atoms with Gasteiger partial charge in [-0.1, -0.05) is 0 Å². The lowest BCUT2D eigenvalue weighted by atomic mass is 10.0. The van der Waals surface area contributed by atoms with E-state index >= 15 is 0 Å². The lowest BCUT2D eigenvalue weighted by molar-refractivity contribution is 0.0554. The molecular formula is C11H11N3O5S. The first-order valence-electron chi connectivity index (χ1n) is 5.41. The number of esters is 1. The van der Waals surface area contributed by atoms with Gasteiger partial charge in [-0.2, -0.15) is 4.99 Å². The number of sulfone groups is 1. The molecule has 0 atom stereocenters. The first kappa shape index (κ1) is 14.0. The molecule has 8 nitrogen and oxygen atoms in total. The van der Waals surface area contributed by atoms with Gasteiger partial charge in [0.15, 0.2) is 11.9 Å². The van der Waals surface area contributed by atoms with Gasteiger partial charge in [0.2, 0.25) is 9.84 Å². The zero-order chi connectivity index (χ0) is 15.1. The highest BCUT2D eigenvalue weighted by molar-refractivity contribution is 7.91. The Labute approximate surface area is 114 Å². The molecule has 1 aliphatic rings. The fraction of sp³-hybridized carbons (Fsp3) is 0.182. The van der Waals surface area contributed by atoms with Crippen LogP contribution >= 0.6 is 0 Å². The number of nitrogens with zero attached hydrogens (tertiary/aromatic N) is 1. The van der Waals surface area contributed by atoms with Crippen LogP contribution in [0.4, 0.5) is 0 Å². The van der Waals surface area contributed by atoms with Crippen LogP contribution in [0.3, 0.4) is 0 Å². The van der Waals surface area contributed by atoms with Gasteiger partial charge in [0, 0.05) is 5.56 Å². The maximum atomic E-state index is 11.9. The first-order valence-corrected chi connectivity index (χ1v) is 7.06. The van der Waals surface area contributed by atoms with Gasteiger partial charge in [-0.05, 0) is 24.6 Å². The molecule has 0 saturated carbocycles. The summed E-state index contributed by atoms with van der Waals surface area (Å²) in [5.41, 5.74) is 10.5. The molecule has 4 N–H and O–H groups in total. The Morgan fingerprint density at radius 2 is 2.00 bits per heavy atom. The Hall–Kier alpha value is -2.42. The molecule has 1 aliphatic heterocycles. The minimum absolute atomic E-state index is 0.00965. The molecule has 1 heterocycles. The Morgan fingerprint density at radius 3 is 2.60 bits per heavy atom. The van der Waals surface area contributed by atoms with Crippen LogP contribution in [0.15, 0.2) is 22.0 Å². The largest absolute Gasteiger partial charge is 0.445 e. The van der Waals surface area contributed by atoms with E-state index in [1.807, 2.05) is 0 Å². The van der Waals surface area contributed by atoms with Crippen LogP contribution in [0.1, 0.15) is 26.3 Å². The number of fused-ring (bicyclic) bond motifs is 1. The summed E-state index contributed by atoms with van der Waals surface area (Å²) < 4.78 is 28.3. The number of cyclic esters (lactones) is 1. The van der Waals surface area contributed by atoms with Crippen LogP contribution in [-0.2, 0) is 14.6 Å². The molecule has 9 heteroatoms. The van der Waals surface area contributed by atoms with E-state index in [0.717, 1.165) is 6.07 Å². The predicted molar refractivity (Wildman–Crippen MR) is 68.8 cm³/mol. The molecule has 0 aromatic heterocycles. The Morgan fingerprint density at radius 1 is 1.35 bits per heavy atom. The smallest absolute Gasteiger partial charge is 0.340 e. The molecule has 0 fully saturated rings. The molecule has 0 unspecified atom stereocenters. The SMILES string of the molecule is Cc1cc2c(cc1C(=O)N=C(N)N)S(=O)(=O)COC2=O. The van der Waals surface area contributed by atoms with Crippen LogP contribution < -0.4 is 11.5 Å². The van der Waals surface area contributed by atoms with Crippen LogP contribution in [0, 0.1) is 6.92 Å². The third-order valence-electron chi connectivity index (χ3n) is 2.69. The van der Waals surface area contributed by atoms with E-state index < -0.39 is 33.6 Å². The normalized spacial score (nSPS) is 15.9. The summed E-state index contributed by atoms with van der Waals surface area (Å²) in [7, 11) is -3.78. The molecule has 0 radical (unpaired) electrons. The lowest BCUT2D eigenvalue weighted by Crippen LogP contribution is -2.26. The van der Waals surface area contributed by atoms with Crippen molar-refractivity contribution in [3.63, 3.8) is 0 Å². The topological polar surface area (TPSA) is 142 Å². The second kappa shape index (κ2) is 4.60. The number of aryl methyl sites for hydroxylation is 1. The summed E-state index contributed by atoms with van der Waals surface area (Å²) in [5, 5.41) is 0. The predicted octanol–water partition coefficient (Wildman–Crippen LogP) is -0.690. The molecule has 2 rings (SSSR count). The van der Waals surface area contributed by atoms with Crippen molar-refractivity contribution in [2.75, 3.05) is 5.94 Å². The van der Waals surface area contributed by atoms with Gasteiger partial charge in [0.05, 0.1) is 10.5 Å².